The highest BCUT2D eigenvalue weighted by molar-refractivity contribution is 5.80. The maximum atomic E-state index is 13.7. The fraction of sp³-hybridized carbons (Fsp3) is 0.742. The topological polar surface area (TPSA) is 74.4 Å². The molecular weight excluding hydrogens is 530 g/mol. The second kappa shape index (κ2) is 11.4. The van der Waals surface area contributed by atoms with Gasteiger partial charge in [-0.3, -0.25) is 9.69 Å². The molecule has 41 heavy (non-hydrogen) atoms. The number of piperidine rings is 1. The number of hydrogen-bond acceptors (Lipinski definition) is 5. The van der Waals surface area contributed by atoms with Gasteiger partial charge in [0.05, 0.1) is 24.8 Å². The molecule has 10 heteroatoms. The zero-order chi connectivity index (χ0) is 28.8. The van der Waals surface area contributed by atoms with Crippen molar-refractivity contribution < 1.29 is 27.8 Å². The van der Waals surface area contributed by atoms with Crippen molar-refractivity contribution in [1.29, 1.82) is 0 Å². The second-order valence-electron chi connectivity index (χ2n) is 13.3. The summed E-state index contributed by atoms with van der Waals surface area (Å²) in [5.41, 5.74) is 0.832. The number of ether oxygens (including phenoxy) is 2. The summed E-state index contributed by atoms with van der Waals surface area (Å²) >= 11 is 0. The number of hydrogen-bond donors (Lipinski definition) is 1. The zero-order valence-electron chi connectivity index (χ0n) is 24.3. The molecule has 1 aromatic rings. The van der Waals surface area contributed by atoms with E-state index in [4.69, 9.17) is 9.47 Å². The van der Waals surface area contributed by atoms with Crippen LogP contribution in [0.5, 0.6) is 0 Å². The number of benzene rings is 1. The lowest BCUT2D eigenvalue weighted by Crippen LogP contribution is -2.60. The predicted molar refractivity (Wildman–Crippen MR) is 149 cm³/mol. The Balaban J connectivity index is 1.12. The summed E-state index contributed by atoms with van der Waals surface area (Å²) in [6.07, 6.45) is 4.11. The number of halogens is 2. The molecule has 4 saturated heterocycles. The third-order valence-electron chi connectivity index (χ3n) is 10.00. The molecule has 226 valence electrons. The van der Waals surface area contributed by atoms with Crippen LogP contribution in [0, 0.1) is 11.8 Å². The Bertz CT molecular complexity index is 1080. The molecule has 1 aromatic carbocycles. The van der Waals surface area contributed by atoms with Gasteiger partial charge in [0.1, 0.15) is 6.79 Å². The van der Waals surface area contributed by atoms with Crippen LogP contribution in [-0.2, 0) is 14.3 Å². The molecule has 3 atom stereocenters. The average molecular weight is 575 g/mol. The van der Waals surface area contributed by atoms with E-state index < -0.39 is 11.8 Å². The van der Waals surface area contributed by atoms with E-state index in [1.54, 1.807) is 0 Å². The van der Waals surface area contributed by atoms with Gasteiger partial charge in [-0.05, 0) is 51.5 Å². The Morgan fingerprint density at radius 2 is 1.71 bits per heavy atom. The van der Waals surface area contributed by atoms with E-state index in [2.05, 4.69) is 29.0 Å². The first-order chi connectivity index (χ1) is 19.6. The first-order valence-electron chi connectivity index (χ1n) is 15.4. The number of rotatable bonds is 9. The summed E-state index contributed by atoms with van der Waals surface area (Å²) in [4.78, 5) is 33.3. The van der Waals surface area contributed by atoms with Crippen LogP contribution < -0.4 is 5.32 Å². The largest absolute Gasteiger partial charge is 0.355 e. The lowest BCUT2D eigenvalue weighted by Gasteiger charge is -2.49. The van der Waals surface area contributed by atoms with Crippen LogP contribution in [0.25, 0.3) is 0 Å². The van der Waals surface area contributed by atoms with Crippen LogP contribution in [0.1, 0.15) is 70.4 Å². The van der Waals surface area contributed by atoms with Gasteiger partial charge in [0.2, 0.25) is 11.8 Å². The molecule has 1 N–H and O–H groups in total. The highest BCUT2D eigenvalue weighted by atomic mass is 19.3. The standard InChI is InChI=1S/C31H44F2N4O4/c1-21(2)37-29(39)35(16-22-17-40-20-41-18-22)19-30(37)14-25-8-9-26(15-30)36(25)11-10-27(23-6-4-3-5-7-23)34-28(38)24-12-31(32,33)13-24/h3-7,21-22,24-27H,8-20H2,1-2H3,(H,34,38)/t25?,26?,27-,30?/m0/s1. The van der Waals surface area contributed by atoms with Gasteiger partial charge in [-0.25, -0.2) is 13.6 Å². The van der Waals surface area contributed by atoms with Gasteiger partial charge in [-0.15, -0.1) is 0 Å². The Hall–Kier alpha value is -2.30. The van der Waals surface area contributed by atoms with Crippen molar-refractivity contribution in [3.8, 4) is 0 Å². The molecule has 4 aliphatic heterocycles. The van der Waals surface area contributed by atoms with Crippen LogP contribution >= 0.6 is 0 Å². The van der Waals surface area contributed by atoms with Crippen molar-refractivity contribution in [3.05, 3.63) is 35.9 Å². The molecule has 1 spiro atoms. The minimum absolute atomic E-state index is 0.119. The third-order valence-corrected chi connectivity index (χ3v) is 10.00. The monoisotopic (exact) mass is 574 g/mol. The molecule has 4 heterocycles. The second-order valence-corrected chi connectivity index (χ2v) is 13.3. The van der Waals surface area contributed by atoms with E-state index in [1.165, 1.54) is 0 Å². The summed E-state index contributed by atoms with van der Waals surface area (Å²) in [7, 11) is 0. The van der Waals surface area contributed by atoms with Gasteiger partial charge < -0.3 is 24.6 Å². The summed E-state index contributed by atoms with van der Waals surface area (Å²) in [6, 6.07) is 10.6. The van der Waals surface area contributed by atoms with E-state index in [9.17, 15) is 18.4 Å². The minimum Gasteiger partial charge on any atom is -0.355 e. The number of urea groups is 1. The highest BCUT2D eigenvalue weighted by Gasteiger charge is 2.58. The Kier molecular flexibility index (Phi) is 8.02. The Morgan fingerprint density at radius 1 is 1.05 bits per heavy atom. The fourth-order valence-electron chi connectivity index (χ4n) is 8.25. The molecule has 2 bridgehead atoms. The van der Waals surface area contributed by atoms with Crippen LogP contribution in [0.15, 0.2) is 30.3 Å². The van der Waals surface area contributed by atoms with E-state index in [-0.39, 0.29) is 48.3 Å². The van der Waals surface area contributed by atoms with Crippen molar-refractivity contribution in [3.63, 3.8) is 0 Å². The maximum Gasteiger partial charge on any atom is 0.320 e. The predicted octanol–water partition coefficient (Wildman–Crippen LogP) is 4.41. The van der Waals surface area contributed by atoms with Gasteiger partial charge in [-0.2, -0.15) is 0 Å². The van der Waals surface area contributed by atoms with Crippen molar-refractivity contribution >= 4 is 11.9 Å². The summed E-state index contributed by atoms with van der Waals surface area (Å²) < 4.78 is 37.9. The van der Waals surface area contributed by atoms with E-state index >= 15 is 0 Å². The number of carbonyl (C=O) groups is 2. The lowest BCUT2D eigenvalue weighted by molar-refractivity contribution is -0.151. The van der Waals surface area contributed by atoms with Gasteiger partial charge in [0.15, 0.2) is 0 Å². The van der Waals surface area contributed by atoms with E-state index in [0.717, 1.165) is 50.8 Å². The molecule has 5 aliphatic rings. The number of nitrogens with one attached hydrogen (secondary N) is 1. The average Bonchev–Trinajstić information content (AvgIpc) is 3.34. The number of amides is 3. The molecule has 2 unspecified atom stereocenters. The first-order valence-corrected chi connectivity index (χ1v) is 15.4. The summed E-state index contributed by atoms with van der Waals surface area (Å²) in [5.74, 6) is -3.40. The van der Waals surface area contributed by atoms with Crippen molar-refractivity contribution in [1.82, 2.24) is 20.0 Å². The SMILES string of the molecule is CC(C)N1C(=O)N(CC2COCOC2)CC12CC1CCC(C2)N1CC[C@H](NC(=O)C1CC(F)(F)C1)c1ccccc1. The molecule has 3 amide bonds. The molecule has 5 fully saturated rings. The maximum absolute atomic E-state index is 13.7. The molecular formula is C31H44F2N4O4. The number of nitrogens with zero attached hydrogens (tertiary/aromatic N) is 3. The lowest BCUT2D eigenvalue weighted by atomic mass is 9.80. The molecule has 0 aromatic heterocycles. The molecule has 8 nitrogen and oxygen atoms in total. The van der Waals surface area contributed by atoms with Crippen LogP contribution in [0.4, 0.5) is 13.6 Å². The first kappa shape index (κ1) is 28.8. The third kappa shape index (κ3) is 5.84. The molecule has 6 rings (SSSR count). The van der Waals surface area contributed by atoms with Crippen molar-refractivity contribution in [2.45, 2.75) is 94.4 Å². The number of alkyl halides is 2. The summed E-state index contributed by atoms with van der Waals surface area (Å²) in [5, 5.41) is 3.10. The molecule has 0 radical (unpaired) electrons. The van der Waals surface area contributed by atoms with Crippen LogP contribution in [-0.4, -0.2) is 95.9 Å². The van der Waals surface area contributed by atoms with Gasteiger partial charge >= 0.3 is 6.03 Å². The van der Waals surface area contributed by atoms with Gasteiger partial charge in [0, 0.05) is 62.4 Å². The van der Waals surface area contributed by atoms with Gasteiger partial charge in [-0.1, -0.05) is 30.3 Å². The number of carbonyl (C=O) groups excluding carboxylic acids is 2. The summed E-state index contributed by atoms with van der Waals surface area (Å²) in [6.45, 7) is 8.05. The van der Waals surface area contributed by atoms with Crippen molar-refractivity contribution in [2.24, 2.45) is 11.8 Å². The minimum atomic E-state index is -2.72. The highest BCUT2D eigenvalue weighted by Crippen LogP contribution is 2.48. The Labute approximate surface area is 241 Å². The van der Waals surface area contributed by atoms with Gasteiger partial charge in [0.25, 0.3) is 0 Å². The molecule has 1 aliphatic carbocycles. The van der Waals surface area contributed by atoms with E-state index in [1.807, 2.05) is 35.2 Å². The quantitative estimate of drug-likeness (QED) is 0.473. The fourth-order valence-corrected chi connectivity index (χ4v) is 8.25. The molecule has 1 saturated carbocycles. The normalized spacial score (nSPS) is 31.2. The smallest absolute Gasteiger partial charge is 0.320 e. The van der Waals surface area contributed by atoms with Crippen molar-refractivity contribution in [2.75, 3.05) is 39.6 Å². The van der Waals surface area contributed by atoms with Crippen LogP contribution in [0.3, 0.4) is 0 Å². The van der Waals surface area contributed by atoms with Crippen LogP contribution in [0.2, 0.25) is 0 Å². The zero-order valence-corrected chi connectivity index (χ0v) is 24.3. The number of fused-ring (bicyclic) bond motifs is 2. The van der Waals surface area contributed by atoms with E-state index in [0.29, 0.717) is 38.6 Å². The Morgan fingerprint density at radius 3 is 2.32 bits per heavy atom.